The zero-order valence-electron chi connectivity index (χ0n) is 30.0. The Morgan fingerprint density at radius 3 is 2.16 bits per heavy atom. The molecule has 0 N–H and O–H groups in total. The number of fused-ring (bicyclic) bond motifs is 10. The van der Waals surface area contributed by atoms with E-state index in [-0.39, 0.29) is 0 Å². The number of hydrogen-bond acceptors (Lipinski definition) is 2. The molecule has 0 fully saturated rings. The van der Waals surface area contributed by atoms with Crippen LogP contribution in [0.25, 0.3) is 82.5 Å². The second kappa shape index (κ2) is 11.7. The van der Waals surface area contributed by atoms with E-state index in [4.69, 9.17) is 4.42 Å². The first-order valence-corrected chi connectivity index (χ1v) is 19.1. The molecule has 0 saturated heterocycles. The summed E-state index contributed by atoms with van der Waals surface area (Å²) in [6.45, 7) is 0. The van der Waals surface area contributed by atoms with E-state index >= 15 is 0 Å². The highest BCUT2D eigenvalue weighted by molar-refractivity contribution is 6.15. The van der Waals surface area contributed by atoms with Crippen LogP contribution in [0.15, 0.2) is 198 Å². The molecule has 0 saturated carbocycles. The lowest BCUT2D eigenvalue weighted by Crippen LogP contribution is -2.14. The highest BCUT2D eigenvalue weighted by Gasteiger charge is 2.35. The Bertz CT molecular complexity index is 3250. The van der Waals surface area contributed by atoms with Gasteiger partial charge in [-0.05, 0) is 100 Å². The van der Waals surface area contributed by atoms with Gasteiger partial charge in [0, 0.05) is 44.2 Å². The van der Waals surface area contributed by atoms with Crippen LogP contribution in [-0.4, -0.2) is 4.57 Å². The minimum Gasteiger partial charge on any atom is -0.456 e. The van der Waals surface area contributed by atoms with E-state index in [1.165, 1.54) is 71.9 Å². The quantitative estimate of drug-likeness (QED) is 0.182. The number of hydrogen-bond donors (Lipinski definition) is 0. The van der Waals surface area contributed by atoms with Crippen LogP contribution < -0.4 is 4.90 Å². The molecular formula is C52H34N2O. The summed E-state index contributed by atoms with van der Waals surface area (Å²) in [5.74, 6) is 0.366. The molecule has 258 valence electrons. The van der Waals surface area contributed by atoms with Gasteiger partial charge in [-0.3, -0.25) is 0 Å². The van der Waals surface area contributed by atoms with Gasteiger partial charge in [-0.1, -0.05) is 127 Å². The van der Waals surface area contributed by atoms with Crippen LogP contribution in [0.1, 0.15) is 17.9 Å². The maximum atomic E-state index is 6.35. The Balaban J connectivity index is 1.09. The van der Waals surface area contributed by atoms with Crippen LogP contribution in [-0.2, 0) is 0 Å². The molecule has 0 amide bonds. The van der Waals surface area contributed by atoms with Crippen molar-refractivity contribution in [1.82, 2.24) is 4.57 Å². The third kappa shape index (κ3) is 4.50. The van der Waals surface area contributed by atoms with Crippen molar-refractivity contribution in [2.45, 2.75) is 12.3 Å². The van der Waals surface area contributed by atoms with Gasteiger partial charge in [-0.15, -0.1) is 0 Å². The molecule has 12 rings (SSSR count). The van der Waals surface area contributed by atoms with Crippen LogP contribution >= 0.6 is 0 Å². The molecule has 3 nitrogen and oxygen atoms in total. The summed E-state index contributed by atoms with van der Waals surface area (Å²) >= 11 is 0. The first-order chi connectivity index (χ1) is 27.3. The van der Waals surface area contributed by atoms with Crippen molar-refractivity contribution in [3.05, 3.63) is 199 Å². The van der Waals surface area contributed by atoms with Gasteiger partial charge in [0.1, 0.15) is 11.2 Å². The summed E-state index contributed by atoms with van der Waals surface area (Å²) in [6, 6.07) is 62.0. The molecule has 8 aromatic carbocycles. The van der Waals surface area contributed by atoms with Crippen molar-refractivity contribution in [3.8, 4) is 27.9 Å². The van der Waals surface area contributed by atoms with Gasteiger partial charge in [0.25, 0.3) is 0 Å². The van der Waals surface area contributed by atoms with E-state index in [0.717, 1.165) is 39.6 Å². The SMILES string of the molecule is C1=CCC2C(=C1)N(c1ccccc1)c1cc(-c3ccc4c5ccccc5n(-c5cc(-c6cccc7oc8ccccc8c67)cc6ccccc56)c4c3)ccc12. The second-order valence-electron chi connectivity index (χ2n) is 14.8. The zero-order valence-corrected chi connectivity index (χ0v) is 30.0. The number of anilines is 2. The molecule has 0 radical (unpaired) electrons. The molecule has 2 aromatic heterocycles. The maximum absolute atomic E-state index is 6.35. The minimum absolute atomic E-state index is 0.366. The smallest absolute Gasteiger partial charge is 0.136 e. The van der Waals surface area contributed by atoms with Gasteiger partial charge < -0.3 is 13.9 Å². The fraction of sp³-hybridized carbons (Fsp3) is 0.0385. The van der Waals surface area contributed by atoms with Gasteiger partial charge in [-0.25, -0.2) is 0 Å². The van der Waals surface area contributed by atoms with Crippen LogP contribution in [0.3, 0.4) is 0 Å². The Hall–Kier alpha value is -7.10. The third-order valence-corrected chi connectivity index (χ3v) is 11.9. The Morgan fingerprint density at radius 2 is 1.24 bits per heavy atom. The lowest BCUT2D eigenvalue weighted by molar-refractivity contribution is 0.669. The molecule has 55 heavy (non-hydrogen) atoms. The van der Waals surface area contributed by atoms with Crippen LogP contribution in [0, 0.1) is 0 Å². The van der Waals surface area contributed by atoms with E-state index < -0.39 is 0 Å². The summed E-state index contributed by atoms with van der Waals surface area (Å²) < 4.78 is 8.84. The van der Waals surface area contributed by atoms with Gasteiger partial charge in [0.15, 0.2) is 0 Å². The summed E-state index contributed by atoms with van der Waals surface area (Å²) in [6.07, 6.45) is 7.81. The highest BCUT2D eigenvalue weighted by Crippen LogP contribution is 2.52. The van der Waals surface area contributed by atoms with E-state index in [0.29, 0.717) is 5.92 Å². The molecule has 0 spiro atoms. The van der Waals surface area contributed by atoms with Crippen LogP contribution in [0.2, 0.25) is 0 Å². The van der Waals surface area contributed by atoms with Gasteiger partial charge >= 0.3 is 0 Å². The van der Waals surface area contributed by atoms with E-state index in [2.05, 4.69) is 191 Å². The van der Waals surface area contributed by atoms with Crippen LogP contribution in [0.4, 0.5) is 11.4 Å². The standard InChI is InChI=1S/C52H34N2O/c1-2-14-37(15-3-1)53-45-21-9-6-17-40(45)42-27-25-33(30-48(42)53)34-26-28-43-41-18-7-10-22-46(41)54(49(43)31-34)47-32-36(29-35-13-4-5-16-38(35)47)39-20-12-24-51-52(39)44-19-8-11-23-50(44)55-51/h1-16,18-32,40H,17H2. The predicted molar refractivity (Wildman–Crippen MR) is 230 cm³/mol. The van der Waals surface area contributed by atoms with Crippen molar-refractivity contribution >= 4 is 65.9 Å². The summed E-state index contributed by atoms with van der Waals surface area (Å²) in [7, 11) is 0. The Morgan fingerprint density at radius 1 is 0.509 bits per heavy atom. The number of benzene rings is 8. The van der Waals surface area contributed by atoms with Gasteiger partial charge in [0.2, 0.25) is 0 Å². The molecule has 0 bridgehead atoms. The van der Waals surface area contributed by atoms with Crippen molar-refractivity contribution in [2.24, 2.45) is 0 Å². The largest absolute Gasteiger partial charge is 0.456 e. The molecule has 2 aliphatic rings. The average Bonchev–Trinajstić information content (AvgIpc) is 3.91. The van der Waals surface area contributed by atoms with E-state index in [1.807, 2.05) is 6.07 Å². The minimum atomic E-state index is 0.366. The van der Waals surface area contributed by atoms with Gasteiger partial charge in [0.05, 0.1) is 22.4 Å². The van der Waals surface area contributed by atoms with Crippen LogP contribution in [0.5, 0.6) is 0 Å². The first kappa shape index (κ1) is 30.4. The molecule has 1 aliphatic carbocycles. The number of allylic oxidation sites excluding steroid dienone is 4. The highest BCUT2D eigenvalue weighted by atomic mass is 16.3. The topological polar surface area (TPSA) is 21.3 Å². The van der Waals surface area contributed by atoms with Crippen molar-refractivity contribution in [2.75, 3.05) is 4.90 Å². The lowest BCUT2D eigenvalue weighted by Gasteiger charge is -2.24. The first-order valence-electron chi connectivity index (χ1n) is 19.1. The number of furan rings is 1. The van der Waals surface area contributed by atoms with Gasteiger partial charge in [-0.2, -0.15) is 0 Å². The number of aromatic nitrogens is 1. The number of rotatable bonds is 4. The number of nitrogens with zero attached hydrogens (tertiary/aromatic N) is 2. The molecule has 1 unspecified atom stereocenters. The summed E-state index contributed by atoms with van der Waals surface area (Å²) in [5.41, 5.74) is 15.3. The molecule has 1 aliphatic heterocycles. The molecular weight excluding hydrogens is 669 g/mol. The third-order valence-electron chi connectivity index (χ3n) is 11.9. The Kier molecular flexibility index (Phi) is 6.46. The lowest BCUT2D eigenvalue weighted by atomic mass is 9.91. The van der Waals surface area contributed by atoms with Crippen molar-refractivity contribution < 1.29 is 4.42 Å². The zero-order chi connectivity index (χ0) is 36.0. The van der Waals surface area contributed by atoms with E-state index in [1.54, 1.807) is 0 Å². The Labute approximate surface area is 318 Å². The maximum Gasteiger partial charge on any atom is 0.136 e. The van der Waals surface area contributed by atoms with E-state index in [9.17, 15) is 0 Å². The fourth-order valence-corrected chi connectivity index (χ4v) is 9.41. The monoisotopic (exact) mass is 702 g/mol. The number of para-hydroxylation sites is 3. The predicted octanol–water partition coefficient (Wildman–Crippen LogP) is 14.2. The second-order valence-corrected chi connectivity index (χ2v) is 14.8. The summed E-state index contributed by atoms with van der Waals surface area (Å²) in [5, 5.41) is 7.18. The molecule has 10 aromatic rings. The summed E-state index contributed by atoms with van der Waals surface area (Å²) in [4.78, 5) is 2.46. The van der Waals surface area contributed by atoms with Crippen molar-refractivity contribution in [3.63, 3.8) is 0 Å². The molecule has 3 heteroatoms. The molecule has 3 heterocycles. The normalized spacial score (nSPS) is 15.0. The average molecular weight is 703 g/mol. The molecule has 1 atom stereocenters. The van der Waals surface area contributed by atoms with Crippen molar-refractivity contribution in [1.29, 1.82) is 0 Å². The fourth-order valence-electron chi connectivity index (χ4n) is 9.41.